The molecule has 0 aliphatic carbocycles. The molecule has 1 fully saturated rings. The summed E-state index contributed by atoms with van der Waals surface area (Å²) in [5.74, 6) is 0.979. The van der Waals surface area contributed by atoms with Gasteiger partial charge in [-0.15, -0.1) is 0 Å². The van der Waals surface area contributed by atoms with Gasteiger partial charge in [-0.25, -0.2) is 9.67 Å². The van der Waals surface area contributed by atoms with Crippen molar-refractivity contribution in [2.75, 3.05) is 12.9 Å². The molecule has 4 aromatic rings. The zero-order chi connectivity index (χ0) is 25.9. The summed E-state index contributed by atoms with van der Waals surface area (Å²) < 4.78 is 25.5. The highest BCUT2D eigenvalue weighted by atomic mass is 35.5. The van der Waals surface area contributed by atoms with Crippen molar-refractivity contribution in [2.24, 2.45) is 12.0 Å². The maximum absolute atomic E-state index is 13.6. The zero-order valence-corrected chi connectivity index (χ0v) is 22.1. The van der Waals surface area contributed by atoms with E-state index in [1.807, 2.05) is 30.3 Å². The molecule has 0 amide bonds. The van der Waals surface area contributed by atoms with Crippen LogP contribution in [0.2, 0.25) is 5.02 Å². The number of nitrogens with zero attached hydrogens (tertiary/aromatic N) is 3. The molecule has 0 spiro atoms. The number of rotatable bonds is 7. The summed E-state index contributed by atoms with van der Waals surface area (Å²) in [7, 11) is 2.07. The van der Waals surface area contributed by atoms with Crippen LogP contribution in [0.4, 0.5) is 5.69 Å². The van der Waals surface area contributed by atoms with E-state index < -0.39 is 10.8 Å². The van der Waals surface area contributed by atoms with Crippen molar-refractivity contribution in [3.8, 4) is 11.6 Å². The second kappa shape index (κ2) is 10.9. The second-order valence-corrected chi connectivity index (χ2v) is 10.7. The van der Waals surface area contributed by atoms with Gasteiger partial charge < -0.3 is 9.47 Å². The van der Waals surface area contributed by atoms with Crippen LogP contribution in [0.15, 0.2) is 65.8 Å². The van der Waals surface area contributed by atoms with Gasteiger partial charge in [-0.05, 0) is 53.8 Å². The van der Waals surface area contributed by atoms with E-state index in [0.717, 1.165) is 29.2 Å². The molecule has 1 saturated heterocycles. The number of ether oxygens (including phenoxy) is 2. The first-order valence-electron chi connectivity index (χ1n) is 12.0. The largest absolute Gasteiger partial charge is 0.494 e. The number of carbonyl (C=O) groups excluding carboxylic acids is 1. The number of halogens is 1. The summed E-state index contributed by atoms with van der Waals surface area (Å²) >= 11 is 6.72. The van der Waals surface area contributed by atoms with E-state index in [1.54, 1.807) is 19.2 Å². The highest BCUT2D eigenvalue weighted by Crippen LogP contribution is 2.40. The molecule has 5 rings (SSSR count). The van der Waals surface area contributed by atoms with E-state index in [2.05, 4.69) is 22.2 Å². The maximum Gasteiger partial charge on any atom is 0.223 e. The third-order valence-corrected chi connectivity index (χ3v) is 8.19. The van der Waals surface area contributed by atoms with Crippen LogP contribution in [0.3, 0.4) is 0 Å². The fourth-order valence-electron chi connectivity index (χ4n) is 4.34. The maximum atomic E-state index is 13.6. The molecule has 0 radical (unpaired) electrons. The molecule has 0 saturated carbocycles. The van der Waals surface area contributed by atoms with Gasteiger partial charge in [0, 0.05) is 18.4 Å². The quantitative estimate of drug-likeness (QED) is 0.271. The van der Waals surface area contributed by atoms with E-state index >= 15 is 0 Å². The number of benzene rings is 3. The number of fused-ring (bicyclic) bond motifs is 1. The number of hydrogen-bond acceptors (Lipinski definition) is 6. The summed E-state index contributed by atoms with van der Waals surface area (Å²) in [6.07, 6.45) is 3.91. The molecule has 9 heteroatoms. The first-order valence-corrected chi connectivity index (χ1v) is 13.7. The fourth-order valence-corrected chi connectivity index (χ4v) is 5.89. The molecule has 37 heavy (non-hydrogen) atoms. The molecule has 190 valence electrons. The number of aromatic nitrogens is 2. The molecule has 7 nitrogen and oxygen atoms in total. The van der Waals surface area contributed by atoms with E-state index in [4.69, 9.17) is 21.1 Å². The SMILES string of the molecule is COc1ccc(C(=O)c2cnn(C)c2OCc2ccc3ccccc3c2)c(Cl)c1N=C1CCCCS1=O. The Hall–Kier alpha value is -3.49. The number of hydrogen-bond donors (Lipinski definition) is 0. The molecule has 2 heterocycles. The van der Waals surface area contributed by atoms with Crippen molar-refractivity contribution < 1.29 is 18.5 Å². The van der Waals surface area contributed by atoms with Crippen LogP contribution in [0, 0.1) is 0 Å². The van der Waals surface area contributed by atoms with Crippen molar-refractivity contribution in [2.45, 2.75) is 25.9 Å². The average Bonchev–Trinajstić information content (AvgIpc) is 3.29. The number of methoxy groups -OCH3 is 1. The molecule has 0 N–H and O–H groups in total. The summed E-state index contributed by atoms with van der Waals surface area (Å²) in [4.78, 5) is 18.2. The van der Waals surface area contributed by atoms with E-state index in [9.17, 15) is 9.00 Å². The highest BCUT2D eigenvalue weighted by Gasteiger charge is 2.25. The molecule has 1 aromatic heterocycles. The Balaban J connectivity index is 1.45. The molecule has 1 aliphatic rings. The van der Waals surface area contributed by atoms with Crippen LogP contribution in [0.1, 0.15) is 40.7 Å². The Bertz CT molecular complexity index is 1550. The lowest BCUT2D eigenvalue weighted by Crippen LogP contribution is -2.16. The monoisotopic (exact) mass is 535 g/mol. The summed E-state index contributed by atoms with van der Waals surface area (Å²) in [6.45, 7) is 0.270. The Kier molecular flexibility index (Phi) is 7.39. The van der Waals surface area contributed by atoms with Crippen LogP contribution in [-0.2, 0) is 24.5 Å². The normalized spacial score (nSPS) is 16.7. The van der Waals surface area contributed by atoms with E-state index in [1.165, 1.54) is 18.0 Å². The zero-order valence-electron chi connectivity index (χ0n) is 20.6. The highest BCUT2D eigenvalue weighted by molar-refractivity contribution is 8.00. The van der Waals surface area contributed by atoms with Crippen LogP contribution >= 0.6 is 11.6 Å². The number of aryl methyl sites for hydroxylation is 1. The number of aliphatic imine (C=N–C) groups is 1. The van der Waals surface area contributed by atoms with Crippen LogP contribution < -0.4 is 9.47 Å². The Morgan fingerprint density at radius 3 is 2.70 bits per heavy atom. The minimum Gasteiger partial charge on any atom is -0.494 e. The van der Waals surface area contributed by atoms with Gasteiger partial charge in [0.15, 0.2) is 0 Å². The predicted octanol–water partition coefficient (Wildman–Crippen LogP) is 6.01. The summed E-state index contributed by atoms with van der Waals surface area (Å²) in [5, 5.41) is 7.22. The number of carbonyl (C=O) groups is 1. The van der Waals surface area contributed by atoms with E-state index in [0.29, 0.717) is 34.5 Å². The lowest BCUT2D eigenvalue weighted by molar-refractivity contribution is 0.103. The lowest BCUT2D eigenvalue weighted by Gasteiger charge is -2.15. The fraction of sp³-hybridized carbons (Fsp3) is 0.250. The van der Waals surface area contributed by atoms with Crippen molar-refractivity contribution in [1.82, 2.24) is 9.78 Å². The third kappa shape index (κ3) is 5.17. The smallest absolute Gasteiger partial charge is 0.223 e. The Morgan fingerprint density at radius 1 is 1.11 bits per heavy atom. The minimum absolute atomic E-state index is 0.142. The Morgan fingerprint density at radius 2 is 1.92 bits per heavy atom. The van der Waals surface area contributed by atoms with Gasteiger partial charge in [-0.3, -0.25) is 9.00 Å². The molecular weight excluding hydrogens is 510 g/mol. The van der Waals surface area contributed by atoms with Gasteiger partial charge in [-0.2, -0.15) is 5.10 Å². The van der Waals surface area contributed by atoms with Gasteiger partial charge in [0.25, 0.3) is 0 Å². The summed E-state index contributed by atoms with van der Waals surface area (Å²) in [6, 6.07) is 17.5. The van der Waals surface area contributed by atoms with Crippen LogP contribution in [0.25, 0.3) is 10.8 Å². The lowest BCUT2D eigenvalue weighted by atomic mass is 10.0. The second-order valence-electron chi connectivity index (χ2n) is 8.78. The van der Waals surface area contributed by atoms with Gasteiger partial charge in [-0.1, -0.05) is 48.0 Å². The van der Waals surface area contributed by atoms with Crippen molar-refractivity contribution in [1.29, 1.82) is 0 Å². The minimum atomic E-state index is -1.16. The number of ketones is 1. The third-order valence-electron chi connectivity index (χ3n) is 6.33. The van der Waals surface area contributed by atoms with Gasteiger partial charge in [0.2, 0.25) is 11.7 Å². The topological polar surface area (TPSA) is 82.8 Å². The molecule has 3 aromatic carbocycles. The van der Waals surface area contributed by atoms with Crippen molar-refractivity contribution in [3.63, 3.8) is 0 Å². The van der Waals surface area contributed by atoms with Gasteiger partial charge in [0.1, 0.15) is 28.7 Å². The molecule has 1 aliphatic heterocycles. The van der Waals surface area contributed by atoms with Gasteiger partial charge >= 0.3 is 0 Å². The van der Waals surface area contributed by atoms with Crippen LogP contribution in [0.5, 0.6) is 11.6 Å². The Labute approximate surface area is 222 Å². The molecular formula is C28H26ClN3O4S. The average molecular weight is 536 g/mol. The van der Waals surface area contributed by atoms with Crippen LogP contribution in [-0.4, -0.2) is 37.7 Å². The molecule has 1 unspecified atom stereocenters. The first kappa shape index (κ1) is 25.2. The predicted molar refractivity (Wildman–Crippen MR) is 147 cm³/mol. The molecule has 0 bridgehead atoms. The van der Waals surface area contributed by atoms with E-state index in [-0.39, 0.29) is 28.5 Å². The standard InChI is InChI=1S/C28H26ClN3O4S/c1-32-28(36-17-18-10-11-19-7-3-4-8-20(19)15-18)22(16-30-32)27(33)21-12-13-23(35-2)26(25(21)29)31-24-9-5-6-14-37(24)34/h3-4,7-8,10-13,15-16H,5-6,9,14,17H2,1-2H3. The summed E-state index contributed by atoms with van der Waals surface area (Å²) in [5.41, 5.74) is 1.81. The molecule has 1 atom stereocenters. The van der Waals surface area contributed by atoms with Crippen molar-refractivity contribution >= 4 is 49.7 Å². The van der Waals surface area contributed by atoms with Gasteiger partial charge in [0.05, 0.1) is 29.1 Å². The van der Waals surface area contributed by atoms with Crippen molar-refractivity contribution in [3.05, 3.63) is 82.5 Å². The first-order chi connectivity index (χ1) is 18.0.